The molecule has 1 fully saturated rings. The van der Waals surface area contributed by atoms with Gasteiger partial charge in [0.2, 0.25) is 0 Å². The molecule has 0 radical (unpaired) electrons. The van der Waals surface area contributed by atoms with Crippen molar-refractivity contribution in [1.82, 2.24) is 20.4 Å². The first-order chi connectivity index (χ1) is 13.3. The van der Waals surface area contributed by atoms with Crippen molar-refractivity contribution in [2.45, 2.75) is 45.6 Å². The van der Waals surface area contributed by atoms with Crippen LogP contribution in [0.4, 0.5) is 0 Å². The fourth-order valence-corrected chi connectivity index (χ4v) is 3.26. The Morgan fingerprint density at radius 3 is 2.82 bits per heavy atom. The van der Waals surface area contributed by atoms with Gasteiger partial charge in [0.15, 0.2) is 5.96 Å². The summed E-state index contributed by atoms with van der Waals surface area (Å²) in [5.74, 6) is 0.879. The quantitative estimate of drug-likeness (QED) is 0.254. The number of benzene rings is 1. The number of aliphatic imine (C=N–C) groups is 1. The average molecular weight is 497 g/mol. The third kappa shape index (κ3) is 6.77. The molecule has 3 rings (SSSR count). The highest BCUT2D eigenvalue weighted by atomic mass is 127. The first-order valence-corrected chi connectivity index (χ1v) is 10.0. The summed E-state index contributed by atoms with van der Waals surface area (Å²) in [4.78, 5) is 4.65. The predicted molar refractivity (Wildman–Crippen MR) is 125 cm³/mol. The molecule has 0 aliphatic carbocycles. The Balaban J connectivity index is 0.00000280. The first-order valence-electron chi connectivity index (χ1n) is 10.0. The van der Waals surface area contributed by atoms with Gasteiger partial charge in [-0.05, 0) is 57.2 Å². The van der Waals surface area contributed by atoms with Gasteiger partial charge in [0.1, 0.15) is 0 Å². The highest BCUT2D eigenvalue weighted by molar-refractivity contribution is 14.0. The monoisotopic (exact) mass is 497 g/mol. The van der Waals surface area contributed by atoms with Crippen molar-refractivity contribution in [2.75, 3.05) is 26.2 Å². The van der Waals surface area contributed by atoms with Crippen LogP contribution in [0.3, 0.4) is 0 Å². The Labute approximate surface area is 185 Å². The van der Waals surface area contributed by atoms with Gasteiger partial charge in [0.05, 0.1) is 24.0 Å². The van der Waals surface area contributed by atoms with Crippen molar-refractivity contribution in [3.05, 3.63) is 47.8 Å². The Morgan fingerprint density at radius 2 is 2.11 bits per heavy atom. The summed E-state index contributed by atoms with van der Waals surface area (Å²) in [5, 5.41) is 11.4. The third-order valence-electron chi connectivity index (χ3n) is 4.76. The van der Waals surface area contributed by atoms with Crippen LogP contribution in [0.1, 0.15) is 37.4 Å². The first kappa shape index (κ1) is 22.7. The van der Waals surface area contributed by atoms with Gasteiger partial charge in [-0.1, -0.05) is 18.2 Å². The van der Waals surface area contributed by atoms with E-state index >= 15 is 0 Å². The Morgan fingerprint density at radius 1 is 1.29 bits per heavy atom. The number of ether oxygens (including phenoxy) is 1. The lowest BCUT2D eigenvalue weighted by Crippen LogP contribution is -2.38. The van der Waals surface area contributed by atoms with Gasteiger partial charge in [-0.2, -0.15) is 5.10 Å². The summed E-state index contributed by atoms with van der Waals surface area (Å²) in [6.45, 7) is 7.52. The van der Waals surface area contributed by atoms with E-state index in [4.69, 9.17) is 4.74 Å². The van der Waals surface area contributed by atoms with Crippen LogP contribution in [0.25, 0.3) is 5.69 Å². The zero-order valence-corrected chi connectivity index (χ0v) is 19.2. The molecule has 0 spiro atoms. The second-order valence-electron chi connectivity index (χ2n) is 6.90. The lowest BCUT2D eigenvalue weighted by atomic mass is 10.1. The second-order valence-corrected chi connectivity index (χ2v) is 6.90. The topological polar surface area (TPSA) is 63.5 Å². The minimum atomic E-state index is 0. The molecule has 0 amide bonds. The standard InChI is InChI=1S/C21H31N5O.HI/c1-3-22-21(24-15-20-12-8-14-27-20)23-13-7-9-18-16-26(25-17(18)2)19-10-5-4-6-11-19;/h4-6,10-11,16,20H,3,7-9,12-15H2,1-2H3,(H2,22,23,24);1H. The molecular weight excluding hydrogens is 465 g/mol. The number of hydrogen-bond donors (Lipinski definition) is 2. The van der Waals surface area contributed by atoms with Crippen LogP contribution >= 0.6 is 24.0 Å². The molecule has 7 heteroatoms. The summed E-state index contributed by atoms with van der Waals surface area (Å²) in [5.41, 5.74) is 3.49. The summed E-state index contributed by atoms with van der Waals surface area (Å²) in [7, 11) is 0. The molecule has 0 saturated carbocycles. The minimum Gasteiger partial charge on any atom is -0.376 e. The maximum Gasteiger partial charge on any atom is 0.191 e. The van der Waals surface area contributed by atoms with E-state index in [0.717, 1.165) is 69.3 Å². The fraction of sp³-hybridized carbons (Fsp3) is 0.524. The molecule has 0 bridgehead atoms. The molecule has 1 atom stereocenters. The van der Waals surface area contributed by atoms with E-state index in [0.29, 0.717) is 0 Å². The van der Waals surface area contributed by atoms with Crippen LogP contribution in [0.2, 0.25) is 0 Å². The summed E-state index contributed by atoms with van der Waals surface area (Å²) < 4.78 is 7.61. The maximum absolute atomic E-state index is 5.65. The van der Waals surface area contributed by atoms with E-state index in [1.807, 2.05) is 22.9 Å². The Bertz CT molecular complexity index is 726. The number of aromatic nitrogens is 2. The van der Waals surface area contributed by atoms with Crippen molar-refractivity contribution in [1.29, 1.82) is 0 Å². The molecule has 1 saturated heterocycles. The van der Waals surface area contributed by atoms with E-state index in [-0.39, 0.29) is 30.1 Å². The predicted octanol–water partition coefficient (Wildman–Crippen LogP) is 3.47. The van der Waals surface area contributed by atoms with Crippen LogP contribution in [0.15, 0.2) is 41.5 Å². The van der Waals surface area contributed by atoms with E-state index in [1.54, 1.807) is 0 Å². The van der Waals surface area contributed by atoms with Crippen molar-refractivity contribution >= 4 is 29.9 Å². The molecule has 2 heterocycles. The zero-order chi connectivity index (χ0) is 18.9. The lowest BCUT2D eigenvalue weighted by Gasteiger charge is -2.12. The van der Waals surface area contributed by atoms with Gasteiger partial charge in [-0.15, -0.1) is 24.0 Å². The van der Waals surface area contributed by atoms with Crippen LogP contribution in [0, 0.1) is 6.92 Å². The fourth-order valence-electron chi connectivity index (χ4n) is 3.26. The van der Waals surface area contributed by atoms with Gasteiger partial charge in [0.25, 0.3) is 0 Å². The summed E-state index contributed by atoms with van der Waals surface area (Å²) >= 11 is 0. The molecule has 1 aliphatic rings. The third-order valence-corrected chi connectivity index (χ3v) is 4.76. The van der Waals surface area contributed by atoms with Gasteiger partial charge >= 0.3 is 0 Å². The molecule has 2 aromatic rings. The molecule has 1 unspecified atom stereocenters. The van der Waals surface area contributed by atoms with Crippen LogP contribution < -0.4 is 10.6 Å². The van der Waals surface area contributed by atoms with Crippen molar-refractivity contribution < 1.29 is 4.74 Å². The summed E-state index contributed by atoms with van der Waals surface area (Å²) in [6.07, 6.45) is 6.73. The zero-order valence-electron chi connectivity index (χ0n) is 16.9. The molecule has 6 nitrogen and oxygen atoms in total. The number of nitrogens with zero attached hydrogens (tertiary/aromatic N) is 3. The number of aryl methyl sites for hydroxylation is 2. The Hall–Kier alpha value is -1.61. The number of hydrogen-bond acceptors (Lipinski definition) is 3. The number of halogens is 1. The number of guanidine groups is 1. The Kier molecular flexibility index (Phi) is 9.77. The normalized spacial score (nSPS) is 16.6. The van der Waals surface area contributed by atoms with Gasteiger partial charge in [-0.25, -0.2) is 4.68 Å². The van der Waals surface area contributed by atoms with Crippen LogP contribution in [-0.2, 0) is 11.2 Å². The van der Waals surface area contributed by atoms with E-state index in [2.05, 4.69) is 52.9 Å². The van der Waals surface area contributed by atoms with Gasteiger partial charge in [-0.3, -0.25) is 4.99 Å². The molecule has 2 N–H and O–H groups in total. The number of nitrogens with one attached hydrogen (secondary N) is 2. The average Bonchev–Trinajstić information content (AvgIpc) is 3.34. The molecule has 1 aliphatic heterocycles. The molecule has 1 aromatic heterocycles. The SMILES string of the molecule is CCNC(=NCC1CCCO1)NCCCc1cn(-c2ccccc2)nc1C.I. The van der Waals surface area contributed by atoms with E-state index in [9.17, 15) is 0 Å². The van der Waals surface area contributed by atoms with Crippen molar-refractivity contribution in [3.63, 3.8) is 0 Å². The highest BCUT2D eigenvalue weighted by Gasteiger charge is 2.14. The smallest absolute Gasteiger partial charge is 0.191 e. The minimum absolute atomic E-state index is 0. The van der Waals surface area contributed by atoms with Crippen molar-refractivity contribution in [2.24, 2.45) is 4.99 Å². The molecule has 28 heavy (non-hydrogen) atoms. The maximum atomic E-state index is 5.65. The van der Waals surface area contributed by atoms with Gasteiger partial charge < -0.3 is 15.4 Å². The van der Waals surface area contributed by atoms with Crippen LogP contribution in [0.5, 0.6) is 0 Å². The number of rotatable bonds is 8. The van der Waals surface area contributed by atoms with Crippen molar-refractivity contribution in [3.8, 4) is 5.69 Å². The largest absolute Gasteiger partial charge is 0.376 e. The lowest BCUT2D eigenvalue weighted by molar-refractivity contribution is 0.117. The van der Waals surface area contributed by atoms with Crippen LogP contribution in [-0.4, -0.2) is 48.1 Å². The van der Waals surface area contributed by atoms with E-state index < -0.39 is 0 Å². The molecule has 154 valence electrons. The molecular formula is C21H32IN5O. The highest BCUT2D eigenvalue weighted by Crippen LogP contribution is 2.13. The van der Waals surface area contributed by atoms with Gasteiger partial charge in [0, 0.05) is 25.9 Å². The van der Waals surface area contributed by atoms with E-state index in [1.165, 1.54) is 5.56 Å². The second kappa shape index (κ2) is 12.1. The number of para-hydroxylation sites is 1. The molecule has 1 aromatic carbocycles. The summed E-state index contributed by atoms with van der Waals surface area (Å²) in [6, 6.07) is 10.2.